The van der Waals surface area contributed by atoms with Crippen LogP contribution in [0.15, 0.2) is 42.5 Å². The van der Waals surface area contributed by atoms with E-state index < -0.39 is 17.2 Å². The zero-order valence-corrected chi connectivity index (χ0v) is 19.9. The fourth-order valence-corrected chi connectivity index (χ4v) is 5.28. The van der Waals surface area contributed by atoms with Crippen LogP contribution in [0.25, 0.3) is 0 Å². The predicted octanol–water partition coefficient (Wildman–Crippen LogP) is 4.82. The Bertz CT molecular complexity index is 1130. The maximum absolute atomic E-state index is 14.1. The lowest BCUT2D eigenvalue weighted by atomic mass is 9.76. The molecular weight excluding hydrogens is 461 g/mol. The summed E-state index contributed by atoms with van der Waals surface area (Å²) in [6.07, 6.45) is -1.98. The van der Waals surface area contributed by atoms with Gasteiger partial charge in [-0.05, 0) is 44.2 Å². The van der Waals surface area contributed by atoms with Gasteiger partial charge in [0, 0.05) is 44.8 Å². The second-order valence-electron chi connectivity index (χ2n) is 9.98. The van der Waals surface area contributed by atoms with Crippen LogP contribution in [0, 0.1) is 5.82 Å². The van der Waals surface area contributed by atoms with Gasteiger partial charge in [-0.2, -0.15) is 8.78 Å². The molecule has 9 heteroatoms. The number of alkyl halides is 2. The Kier molecular flexibility index (Phi) is 5.75. The Morgan fingerprint density at radius 2 is 1.91 bits per heavy atom. The number of carbonyl (C=O) groups excluding carboxylic acids is 1. The van der Waals surface area contributed by atoms with Gasteiger partial charge in [-0.15, -0.1) is 0 Å². The van der Waals surface area contributed by atoms with E-state index in [1.807, 2.05) is 13.8 Å². The van der Waals surface area contributed by atoms with Crippen LogP contribution in [-0.2, 0) is 10.3 Å². The number of hydrogen-bond acceptors (Lipinski definition) is 5. The fourth-order valence-electron chi connectivity index (χ4n) is 5.28. The highest BCUT2D eigenvalue weighted by Gasteiger charge is 2.64. The number of halogens is 3. The number of hydrogen-bond donors (Lipinski definition) is 1. The van der Waals surface area contributed by atoms with Crippen LogP contribution in [0.1, 0.15) is 56.0 Å². The number of rotatable bonds is 5. The molecule has 0 aliphatic carbocycles. The summed E-state index contributed by atoms with van der Waals surface area (Å²) in [5.41, 5.74) is -0.255. The van der Waals surface area contributed by atoms with Crippen LogP contribution in [0.5, 0.6) is 11.5 Å². The largest absolute Gasteiger partial charge is 0.487 e. The molecule has 3 heterocycles. The van der Waals surface area contributed by atoms with Crippen molar-refractivity contribution in [1.29, 1.82) is 0 Å². The summed E-state index contributed by atoms with van der Waals surface area (Å²) in [7, 11) is 0. The first-order valence-corrected chi connectivity index (χ1v) is 11.9. The number of ether oxygens (including phenoxy) is 3. The molecule has 3 aliphatic heterocycles. The van der Waals surface area contributed by atoms with Crippen LogP contribution in [0.2, 0.25) is 0 Å². The molecule has 1 amide bonds. The molecule has 188 valence electrons. The minimum atomic E-state index is -3.40. The smallest absolute Gasteiger partial charge is 0.394 e. The van der Waals surface area contributed by atoms with E-state index in [2.05, 4.69) is 5.32 Å². The molecule has 35 heavy (non-hydrogen) atoms. The molecule has 0 bridgehead atoms. The number of amides is 1. The number of benzene rings is 2. The van der Waals surface area contributed by atoms with E-state index in [-0.39, 0.29) is 35.4 Å². The zero-order valence-electron chi connectivity index (χ0n) is 19.9. The molecule has 0 saturated carbocycles. The van der Waals surface area contributed by atoms with Gasteiger partial charge in [0.25, 0.3) is 5.91 Å². The number of nitrogens with one attached hydrogen (secondary N) is 1. The number of piperidine rings is 1. The maximum Gasteiger partial charge on any atom is 0.394 e. The Hall–Kier alpha value is -2.78. The average molecular weight is 491 g/mol. The van der Waals surface area contributed by atoms with E-state index in [0.29, 0.717) is 45.0 Å². The second kappa shape index (κ2) is 8.41. The van der Waals surface area contributed by atoms with E-state index in [0.717, 1.165) is 5.56 Å². The Morgan fingerprint density at radius 3 is 2.60 bits per heavy atom. The van der Waals surface area contributed by atoms with Gasteiger partial charge < -0.3 is 19.1 Å². The van der Waals surface area contributed by atoms with Crippen LogP contribution >= 0.6 is 0 Å². The molecule has 2 aromatic carbocycles. The van der Waals surface area contributed by atoms with Gasteiger partial charge in [0.15, 0.2) is 0 Å². The quantitative estimate of drug-likeness (QED) is 0.609. The Balaban J connectivity index is 1.35. The number of para-hydroxylation sites is 1. The summed E-state index contributed by atoms with van der Waals surface area (Å²) in [6, 6.07) is 10.6. The average Bonchev–Trinajstić information content (AvgIpc) is 3.44. The molecule has 0 aromatic heterocycles. The summed E-state index contributed by atoms with van der Waals surface area (Å²) in [5, 5.41) is 3.42. The first-order chi connectivity index (χ1) is 16.5. The molecule has 2 saturated heterocycles. The molecule has 2 fully saturated rings. The van der Waals surface area contributed by atoms with E-state index in [9.17, 15) is 18.0 Å². The van der Waals surface area contributed by atoms with Crippen molar-refractivity contribution < 1.29 is 32.2 Å². The minimum Gasteiger partial charge on any atom is -0.487 e. The molecule has 3 aliphatic rings. The van der Waals surface area contributed by atoms with Gasteiger partial charge in [0.2, 0.25) is 0 Å². The maximum atomic E-state index is 14.1. The highest BCUT2D eigenvalue weighted by Crippen LogP contribution is 2.55. The van der Waals surface area contributed by atoms with Crippen molar-refractivity contribution in [2.45, 2.75) is 69.6 Å². The number of fused-ring (bicyclic) bond motifs is 2. The van der Waals surface area contributed by atoms with E-state index >= 15 is 0 Å². The molecular formula is C26H29F3N2O4. The molecule has 2 spiro atoms. The first kappa shape index (κ1) is 23.9. The number of likely N-dealkylation sites (tertiary alicyclic amines) is 1. The Morgan fingerprint density at radius 1 is 1.20 bits per heavy atom. The molecule has 2 atom stereocenters. The topological polar surface area (TPSA) is 69.9 Å². The lowest BCUT2D eigenvalue weighted by molar-refractivity contribution is -0.159. The van der Waals surface area contributed by atoms with Gasteiger partial charge in [-0.25, -0.2) is 4.39 Å². The lowest BCUT2D eigenvalue weighted by Crippen LogP contribution is -2.54. The summed E-state index contributed by atoms with van der Waals surface area (Å²) in [5.74, 6) is -0.231. The van der Waals surface area contributed by atoms with Gasteiger partial charge in [0.1, 0.15) is 29.1 Å². The van der Waals surface area contributed by atoms with Gasteiger partial charge in [-0.1, -0.05) is 12.1 Å². The van der Waals surface area contributed by atoms with Gasteiger partial charge in [0.05, 0.1) is 17.2 Å². The van der Waals surface area contributed by atoms with Crippen LogP contribution in [0.4, 0.5) is 13.2 Å². The Labute approximate surface area is 202 Å². The fraction of sp³-hybridized carbons (Fsp3) is 0.500. The first-order valence-electron chi connectivity index (χ1n) is 11.9. The standard InChI is InChI=1S/C26H29F3N2O4/c1-16(2)33-23-26(30-23)15-25(35-21-9-8-17(27)14-19(21)26)10-12-31(13-11-25)22(32)18-6-4-5-7-20(18)34-24(3,28)29/h4-9,14,16,23,30H,10-13,15H2,1-3H3. The van der Waals surface area contributed by atoms with E-state index in [1.54, 1.807) is 23.1 Å². The third-order valence-electron chi connectivity index (χ3n) is 6.88. The van der Waals surface area contributed by atoms with E-state index in [1.165, 1.54) is 24.3 Å². The molecule has 6 nitrogen and oxygen atoms in total. The summed E-state index contributed by atoms with van der Waals surface area (Å²) in [4.78, 5) is 14.9. The third kappa shape index (κ3) is 4.59. The van der Waals surface area contributed by atoms with Crippen molar-refractivity contribution in [2.24, 2.45) is 0 Å². The predicted molar refractivity (Wildman–Crippen MR) is 122 cm³/mol. The zero-order chi connectivity index (χ0) is 25.0. The molecule has 1 N–H and O–H groups in total. The van der Waals surface area contributed by atoms with Gasteiger partial charge >= 0.3 is 6.11 Å². The van der Waals surface area contributed by atoms with Gasteiger partial charge in [-0.3, -0.25) is 10.1 Å². The van der Waals surface area contributed by atoms with Crippen molar-refractivity contribution in [2.75, 3.05) is 13.1 Å². The summed E-state index contributed by atoms with van der Waals surface area (Å²) in [6.45, 7) is 5.32. The van der Waals surface area contributed by atoms with Crippen LogP contribution in [-0.4, -0.2) is 47.9 Å². The van der Waals surface area contributed by atoms with E-state index in [4.69, 9.17) is 14.2 Å². The minimum absolute atomic E-state index is 0.0000617. The number of carbonyl (C=O) groups is 1. The summed E-state index contributed by atoms with van der Waals surface area (Å²) >= 11 is 0. The van der Waals surface area contributed by atoms with Crippen LogP contribution in [0.3, 0.4) is 0 Å². The summed E-state index contributed by atoms with van der Waals surface area (Å²) < 4.78 is 58.2. The molecule has 0 radical (unpaired) electrons. The van der Waals surface area contributed by atoms with Crippen molar-refractivity contribution in [3.05, 3.63) is 59.4 Å². The normalized spacial score (nSPS) is 24.9. The van der Waals surface area contributed by atoms with Crippen molar-refractivity contribution >= 4 is 5.91 Å². The second-order valence-corrected chi connectivity index (χ2v) is 9.98. The van der Waals surface area contributed by atoms with Crippen molar-refractivity contribution in [3.63, 3.8) is 0 Å². The lowest BCUT2D eigenvalue weighted by Gasteiger charge is -2.47. The van der Waals surface area contributed by atoms with Crippen LogP contribution < -0.4 is 14.8 Å². The van der Waals surface area contributed by atoms with Crippen molar-refractivity contribution in [1.82, 2.24) is 10.2 Å². The molecule has 2 unspecified atom stereocenters. The highest BCUT2D eigenvalue weighted by molar-refractivity contribution is 5.97. The van der Waals surface area contributed by atoms with Crippen molar-refractivity contribution in [3.8, 4) is 11.5 Å². The molecule has 2 aromatic rings. The monoisotopic (exact) mass is 490 g/mol. The highest BCUT2D eigenvalue weighted by atomic mass is 19.3. The molecule has 5 rings (SSSR count). The number of nitrogens with zero attached hydrogens (tertiary/aromatic N) is 1. The SMILES string of the molecule is CC(C)OC1NC12CC1(CCN(C(=O)c3ccccc3OC(C)(F)F)CC1)Oc1ccc(F)cc12. The third-order valence-corrected chi connectivity index (χ3v) is 6.88.